The molecule has 1 atom stereocenters. The number of ketones is 1. The third-order valence-electron chi connectivity index (χ3n) is 5.48. The normalized spacial score (nSPS) is 17.5. The largest absolute Gasteiger partial charge is 0.507 e. The van der Waals surface area contributed by atoms with Crippen molar-refractivity contribution >= 4 is 29.1 Å². The summed E-state index contributed by atoms with van der Waals surface area (Å²) in [6.45, 7) is 0.802. The van der Waals surface area contributed by atoms with Gasteiger partial charge in [-0.3, -0.25) is 9.59 Å². The molecular weight excluding hydrogens is 448 g/mol. The van der Waals surface area contributed by atoms with Crippen LogP contribution in [0.2, 0.25) is 5.02 Å². The second-order valence-electron chi connectivity index (χ2n) is 7.76. The molecule has 0 aromatic heterocycles. The minimum atomic E-state index is -0.841. The topological polar surface area (TPSA) is 88.5 Å². The first-order chi connectivity index (χ1) is 15.7. The molecule has 1 fully saturated rings. The van der Waals surface area contributed by atoms with E-state index in [4.69, 9.17) is 25.8 Å². The Morgan fingerprint density at radius 2 is 1.73 bits per heavy atom. The highest BCUT2D eigenvalue weighted by atomic mass is 35.5. The van der Waals surface area contributed by atoms with E-state index in [-0.39, 0.29) is 28.5 Å². The summed E-state index contributed by atoms with van der Waals surface area (Å²) in [5, 5.41) is 11.5. The van der Waals surface area contributed by atoms with Crippen LogP contribution in [0.4, 0.5) is 0 Å². The number of ether oxygens (including phenoxy) is 3. The Hall–Kier alpha value is -3.23. The van der Waals surface area contributed by atoms with Crippen LogP contribution in [0.25, 0.3) is 5.76 Å². The van der Waals surface area contributed by atoms with Gasteiger partial charge in [0.25, 0.3) is 11.7 Å². The number of benzene rings is 2. The summed E-state index contributed by atoms with van der Waals surface area (Å²) in [4.78, 5) is 29.5. The van der Waals surface area contributed by atoms with Gasteiger partial charge in [-0.1, -0.05) is 17.7 Å². The van der Waals surface area contributed by atoms with Crippen molar-refractivity contribution in [3.05, 3.63) is 58.1 Å². The van der Waals surface area contributed by atoms with E-state index in [1.807, 2.05) is 19.0 Å². The quantitative estimate of drug-likeness (QED) is 0.356. The summed E-state index contributed by atoms with van der Waals surface area (Å²) < 4.78 is 16.0. The van der Waals surface area contributed by atoms with Crippen molar-refractivity contribution in [2.75, 3.05) is 48.5 Å². The van der Waals surface area contributed by atoms with E-state index in [2.05, 4.69) is 0 Å². The average Bonchev–Trinajstić information content (AvgIpc) is 3.06. The Balaban J connectivity index is 2.23. The lowest BCUT2D eigenvalue weighted by molar-refractivity contribution is -0.140. The zero-order valence-electron chi connectivity index (χ0n) is 19.2. The average molecular weight is 475 g/mol. The van der Waals surface area contributed by atoms with Gasteiger partial charge in [0.1, 0.15) is 11.5 Å². The van der Waals surface area contributed by atoms with Gasteiger partial charge in [0.2, 0.25) is 0 Å². The molecule has 2 aromatic carbocycles. The molecule has 1 N–H and O–H groups in total. The van der Waals surface area contributed by atoms with E-state index in [9.17, 15) is 14.7 Å². The van der Waals surface area contributed by atoms with E-state index < -0.39 is 17.7 Å². The number of amides is 1. The number of carbonyl (C=O) groups is 2. The predicted molar refractivity (Wildman–Crippen MR) is 125 cm³/mol. The van der Waals surface area contributed by atoms with Crippen molar-refractivity contribution in [1.29, 1.82) is 0 Å². The molecule has 0 saturated carbocycles. The van der Waals surface area contributed by atoms with Crippen LogP contribution in [0.1, 0.15) is 17.2 Å². The van der Waals surface area contributed by atoms with Crippen LogP contribution < -0.4 is 14.2 Å². The van der Waals surface area contributed by atoms with Crippen LogP contribution >= 0.6 is 11.6 Å². The molecule has 9 heteroatoms. The van der Waals surface area contributed by atoms with Crippen LogP contribution in [-0.4, -0.2) is 75.1 Å². The number of likely N-dealkylation sites (tertiary alicyclic amines) is 1. The maximum Gasteiger partial charge on any atom is 0.295 e. The maximum atomic E-state index is 13.1. The highest BCUT2D eigenvalue weighted by molar-refractivity contribution is 6.47. The fourth-order valence-corrected chi connectivity index (χ4v) is 3.95. The number of aliphatic hydroxyl groups excluding tert-OH is 1. The van der Waals surface area contributed by atoms with Gasteiger partial charge in [0.15, 0.2) is 11.5 Å². The van der Waals surface area contributed by atoms with Crippen LogP contribution in [0.5, 0.6) is 17.2 Å². The number of aliphatic hydroxyl groups is 1. The van der Waals surface area contributed by atoms with Crippen molar-refractivity contribution in [1.82, 2.24) is 9.80 Å². The number of nitrogens with zero attached hydrogens (tertiary/aromatic N) is 2. The van der Waals surface area contributed by atoms with Gasteiger partial charge in [-0.25, -0.2) is 0 Å². The van der Waals surface area contributed by atoms with Crippen molar-refractivity contribution in [2.45, 2.75) is 6.04 Å². The van der Waals surface area contributed by atoms with Gasteiger partial charge in [-0.15, -0.1) is 0 Å². The van der Waals surface area contributed by atoms with Crippen LogP contribution in [0, 0.1) is 0 Å². The lowest BCUT2D eigenvalue weighted by atomic mass is 9.95. The van der Waals surface area contributed by atoms with E-state index >= 15 is 0 Å². The van der Waals surface area contributed by atoms with Crippen LogP contribution in [-0.2, 0) is 9.59 Å². The Morgan fingerprint density at radius 1 is 1.03 bits per heavy atom. The van der Waals surface area contributed by atoms with Crippen molar-refractivity contribution in [3.8, 4) is 17.2 Å². The molecule has 0 radical (unpaired) electrons. The Morgan fingerprint density at radius 3 is 2.33 bits per heavy atom. The van der Waals surface area contributed by atoms with Gasteiger partial charge in [-0.2, -0.15) is 0 Å². The summed E-state index contributed by atoms with van der Waals surface area (Å²) in [6, 6.07) is 9.00. The fraction of sp³-hybridized carbons (Fsp3) is 0.333. The molecule has 3 rings (SSSR count). The lowest BCUT2D eigenvalue weighted by Crippen LogP contribution is -2.35. The molecule has 1 heterocycles. The summed E-state index contributed by atoms with van der Waals surface area (Å²) in [5.74, 6) is -0.466. The Labute approximate surface area is 197 Å². The van der Waals surface area contributed by atoms with Crippen LogP contribution in [0.15, 0.2) is 42.0 Å². The highest BCUT2D eigenvalue weighted by Gasteiger charge is 2.46. The monoisotopic (exact) mass is 474 g/mol. The third kappa shape index (κ3) is 4.77. The smallest absolute Gasteiger partial charge is 0.295 e. The molecule has 8 nitrogen and oxygen atoms in total. The molecular formula is C24H27ClN2O6. The van der Waals surface area contributed by atoms with Gasteiger partial charge in [0, 0.05) is 18.7 Å². The number of halogens is 1. The molecule has 33 heavy (non-hydrogen) atoms. The fourth-order valence-electron chi connectivity index (χ4n) is 3.75. The second-order valence-corrected chi connectivity index (χ2v) is 8.16. The number of rotatable bonds is 8. The molecule has 1 aliphatic rings. The molecule has 0 aliphatic carbocycles. The second kappa shape index (κ2) is 10.1. The number of Topliss-reactive ketones (excluding diaryl/α,β-unsaturated/α-hetero) is 1. The predicted octanol–water partition coefficient (Wildman–Crippen LogP) is 3.35. The van der Waals surface area contributed by atoms with Crippen LogP contribution in [0.3, 0.4) is 0 Å². The number of hydrogen-bond acceptors (Lipinski definition) is 7. The first-order valence-corrected chi connectivity index (χ1v) is 10.6. The lowest BCUT2D eigenvalue weighted by Gasteiger charge is -2.27. The molecule has 176 valence electrons. The first kappa shape index (κ1) is 24.4. The summed E-state index contributed by atoms with van der Waals surface area (Å²) in [7, 11) is 8.25. The van der Waals surface area contributed by atoms with E-state index in [0.29, 0.717) is 29.4 Å². The van der Waals surface area contributed by atoms with Gasteiger partial charge >= 0.3 is 0 Å². The number of methoxy groups -OCH3 is 3. The third-order valence-corrected chi connectivity index (χ3v) is 5.81. The highest BCUT2D eigenvalue weighted by Crippen LogP contribution is 2.43. The SMILES string of the molecule is COc1ccc(Cl)c(/C(O)=C2\C(=O)C(=O)N(CCN(C)C)C2c2ccc(OC)c(OC)c2)c1. The molecule has 1 amide bonds. The number of hydrogen-bond donors (Lipinski definition) is 1. The van der Waals surface area contributed by atoms with Crippen molar-refractivity contribution in [2.24, 2.45) is 0 Å². The maximum absolute atomic E-state index is 13.1. The van der Waals surface area contributed by atoms with Gasteiger partial charge < -0.3 is 29.1 Å². The summed E-state index contributed by atoms with van der Waals surface area (Å²) in [5.41, 5.74) is 0.736. The Kier molecular flexibility index (Phi) is 7.50. The number of carbonyl (C=O) groups excluding carboxylic acids is 2. The number of likely N-dealkylation sites (N-methyl/N-ethyl adjacent to an activating group) is 1. The van der Waals surface area contributed by atoms with E-state index in [1.54, 1.807) is 30.3 Å². The van der Waals surface area contributed by atoms with E-state index in [0.717, 1.165) is 0 Å². The molecule has 0 bridgehead atoms. The molecule has 2 aromatic rings. The standard InChI is InChI=1S/C24H27ClN2O6/c1-26(2)10-11-27-21(14-6-9-18(32-4)19(12-14)33-5)20(23(29)24(27)30)22(28)16-13-15(31-3)7-8-17(16)25/h6-9,12-13,21,28H,10-11H2,1-5H3/b22-20+. The summed E-state index contributed by atoms with van der Waals surface area (Å²) in [6.07, 6.45) is 0. The molecule has 1 aliphatic heterocycles. The molecule has 0 spiro atoms. The van der Waals surface area contributed by atoms with Crippen molar-refractivity contribution < 1.29 is 28.9 Å². The zero-order chi connectivity index (χ0) is 24.3. The first-order valence-electron chi connectivity index (χ1n) is 10.2. The molecule has 1 saturated heterocycles. The zero-order valence-corrected chi connectivity index (χ0v) is 20.0. The Bertz CT molecular complexity index is 1100. The molecule has 1 unspecified atom stereocenters. The summed E-state index contributed by atoms with van der Waals surface area (Å²) >= 11 is 6.33. The minimum absolute atomic E-state index is 0.0545. The van der Waals surface area contributed by atoms with Gasteiger partial charge in [0.05, 0.1) is 38.0 Å². The van der Waals surface area contributed by atoms with E-state index in [1.165, 1.54) is 32.3 Å². The van der Waals surface area contributed by atoms with Gasteiger partial charge in [-0.05, 0) is 50.0 Å². The minimum Gasteiger partial charge on any atom is -0.507 e. The van der Waals surface area contributed by atoms with Crippen molar-refractivity contribution in [3.63, 3.8) is 0 Å².